The number of benzene rings is 2. The lowest BCUT2D eigenvalue weighted by Crippen LogP contribution is -2.28. The van der Waals surface area contributed by atoms with Gasteiger partial charge in [-0.05, 0) is 48.2 Å². The predicted octanol–water partition coefficient (Wildman–Crippen LogP) is 5.05. The Balaban J connectivity index is 2.16. The monoisotopic (exact) mass is 437 g/mol. The number of hydrogen-bond donors (Lipinski definition) is 1. The van der Waals surface area contributed by atoms with Crippen molar-refractivity contribution in [3.63, 3.8) is 0 Å². The van der Waals surface area contributed by atoms with Crippen molar-refractivity contribution >= 4 is 27.6 Å². The number of carbonyl (C=O) groups excluding carboxylic acids is 1. The first-order valence-corrected chi connectivity index (χ1v) is 11.7. The van der Waals surface area contributed by atoms with Crippen LogP contribution in [0, 0.1) is 0 Å². The fraction of sp³-hybridized carbons (Fsp3) is 0.409. The van der Waals surface area contributed by atoms with Gasteiger partial charge in [-0.1, -0.05) is 62.1 Å². The number of unbranched alkanes of at least 4 members (excludes halogenated alkanes) is 2. The van der Waals surface area contributed by atoms with Crippen LogP contribution in [0.15, 0.2) is 53.4 Å². The van der Waals surface area contributed by atoms with Crippen molar-refractivity contribution in [1.29, 1.82) is 0 Å². The third-order valence-electron chi connectivity index (χ3n) is 4.75. The zero-order valence-electron chi connectivity index (χ0n) is 16.9. The third kappa shape index (κ3) is 7.46. The molecular weight excluding hydrogens is 410 g/mol. The Morgan fingerprint density at radius 3 is 2.31 bits per heavy atom. The van der Waals surface area contributed by atoms with Gasteiger partial charge in [-0.3, -0.25) is 4.79 Å². The molecule has 0 fully saturated rings. The van der Waals surface area contributed by atoms with Crippen molar-refractivity contribution in [2.45, 2.75) is 56.4 Å². The summed E-state index contributed by atoms with van der Waals surface area (Å²) in [6.07, 6.45) is 4.64. The van der Waals surface area contributed by atoms with Gasteiger partial charge in [0.2, 0.25) is 10.0 Å². The molecule has 0 aliphatic heterocycles. The summed E-state index contributed by atoms with van der Waals surface area (Å²) in [6.45, 7) is 2.11. The summed E-state index contributed by atoms with van der Waals surface area (Å²) < 4.78 is 33.2. The molecule has 0 saturated carbocycles. The molecule has 0 radical (unpaired) electrons. The minimum absolute atomic E-state index is 0.192. The van der Waals surface area contributed by atoms with Crippen LogP contribution in [0.2, 0.25) is 5.02 Å². The maximum Gasteiger partial charge on any atom is 0.305 e. The number of ether oxygens (including phenoxy) is 1. The minimum Gasteiger partial charge on any atom is -0.469 e. The van der Waals surface area contributed by atoms with Crippen molar-refractivity contribution in [2.24, 2.45) is 0 Å². The van der Waals surface area contributed by atoms with E-state index >= 15 is 0 Å². The van der Waals surface area contributed by atoms with E-state index in [1.54, 1.807) is 12.1 Å². The summed E-state index contributed by atoms with van der Waals surface area (Å²) in [5.74, 6) is -0.248. The number of carbonyl (C=O) groups is 1. The van der Waals surface area contributed by atoms with Gasteiger partial charge in [-0.25, -0.2) is 13.1 Å². The molecule has 0 spiro atoms. The van der Waals surface area contributed by atoms with Crippen molar-refractivity contribution < 1.29 is 17.9 Å². The maximum absolute atomic E-state index is 12.8. The lowest BCUT2D eigenvalue weighted by Gasteiger charge is -2.20. The number of nitrogens with one attached hydrogen (secondary N) is 1. The van der Waals surface area contributed by atoms with Crippen molar-refractivity contribution in [1.82, 2.24) is 4.72 Å². The minimum atomic E-state index is -3.67. The quantitative estimate of drug-likeness (QED) is 0.394. The van der Waals surface area contributed by atoms with E-state index in [4.69, 9.17) is 11.6 Å². The highest BCUT2D eigenvalue weighted by Crippen LogP contribution is 2.24. The second-order valence-electron chi connectivity index (χ2n) is 6.94. The van der Waals surface area contributed by atoms with Crippen LogP contribution in [0.3, 0.4) is 0 Å². The molecule has 2 aromatic carbocycles. The molecule has 0 aliphatic rings. The van der Waals surface area contributed by atoms with E-state index in [9.17, 15) is 13.2 Å². The average Bonchev–Trinajstić information content (AvgIpc) is 2.72. The third-order valence-corrected chi connectivity index (χ3v) is 6.48. The number of methoxy groups -OCH3 is 1. The molecule has 2 aromatic rings. The SMILES string of the molecule is CCCCCC(NS(=O)(=O)c1ccc(Cl)cc1)c1ccc(CCC(=O)OC)cc1. The highest BCUT2D eigenvalue weighted by molar-refractivity contribution is 7.89. The average molecular weight is 438 g/mol. The second kappa shape index (κ2) is 11.3. The number of hydrogen-bond acceptors (Lipinski definition) is 4. The molecular formula is C22H28ClNO4S. The summed E-state index contributed by atoms with van der Waals surface area (Å²) in [6, 6.07) is 13.5. The van der Waals surface area contributed by atoms with Crippen LogP contribution >= 0.6 is 11.6 Å². The van der Waals surface area contributed by atoms with E-state index < -0.39 is 10.0 Å². The first kappa shape index (κ1) is 23.4. The van der Waals surface area contributed by atoms with Gasteiger partial charge in [0.1, 0.15) is 0 Å². The number of halogens is 1. The lowest BCUT2D eigenvalue weighted by molar-refractivity contribution is -0.140. The first-order chi connectivity index (χ1) is 13.9. The summed E-state index contributed by atoms with van der Waals surface area (Å²) in [7, 11) is -2.29. The molecule has 5 nitrogen and oxygen atoms in total. The molecule has 7 heteroatoms. The van der Waals surface area contributed by atoms with Gasteiger partial charge in [0.25, 0.3) is 0 Å². The summed E-state index contributed by atoms with van der Waals surface area (Å²) in [5, 5.41) is 0.492. The van der Waals surface area contributed by atoms with Crippen LogP contribution in [-0.4, -0.2) is 21.5 Å². The van der Waals surface area contributed by atoms with E-state index in [1.165, 1.54) is 19.2 Å². The molecule has 0 amide bonds. The van der Waals surface area contributed by atoms with Crippen LogP contribution < -0.4 is 4.72 Å². The predicted molar refractivity (Wildman–Crippen MR) is 115 cm³/mol. The molecule has 29 heavy (non-hydrogen) atoms. The Labute approximate surface area is 178 Å². The van der Waals surface area contributed by atoms with Gasteiger partial charge in [0, 0.05) is 17.5 Å². The highest BCUT2D eigenvalue weighted by Gasteiger charge is 2.21. The molecule has 158 valence electrons. The zero-order chi connectivity index (χ0) is 21.3. The van der Waals surface area contributed by atoms with Crippen LogP contribution in [0.5, 0.6) is 0 Å². The van der Waals surface area contributed by atoms with Crippen molar-refractivity contribution in [2.75, 3.05) is 7.11 Å². The Bertz CT molecular complexity index is 880. The second-order valence-corrected chi connectivity index (χ2v) is 9.09. The van der Waals surface area contributed by atoms with E-state index in [2.05, 4.69) is 16.4 Å². The summed E-state index contributed by atoms with van der Waals surface area (Å²) >= 11 is 5.87. The molecule has 1 atom stereocenters. The van der Waals surface area contributed by atoms with Gasteiger partial charge in [-0.2, -0.15) is 0 Å². The molecule has 0 aliphatic carbocycles. The Hall–Kier alpha value is -1.89. The standard InChI is InChI=1S/C22H28ClNO4S/c1-3-4-5-6-21(24-29(26,27)20-14-12-19(23)13-15-20)18-10-7-17(8-11-18)9-16-22(25)28-2/h7-8,10-15,21,24H,3-6,9,16H2,1-2H3. The summed E-state index contributed by atoms with van der Waals surface area (Å²) in [5.41, 5.74) is 1.91. The van der Waals surface area contributed by atoms with E-state index in [1.807, 2.05) is 24.3 Å². The maximum atomic E-state index is 12.8. The van der Waals surface area contributed by atoms with Crippen LogP contribution in [0.1, 0.15) is 56.2 Å². The Kier molecular flexibility index (Phi) is 9.14. The van der Waals surface area contributed by atoms with Gasteiger partial charge >= 0.3 is 5.97 Å². The smallest absolute Gasteiger partial charge is 0.305 e. The molecule has 0 heterocycles. The van der Waals surface area contributed by atoms with Gasteiger partial charge < -0.3 is 4.74 Å². The Morgan fingerprint density at radius 2 is 1.72 bits per heavy atom. The number of esters is 1. The van der Waals surface area contributed by atoms with E-state index in [-0.39, 0.29) is 16.9 Å². The summed E-state index contributed by atoms with van der Waals surface area (Å²) in [4.78, 5) is 11.5. The van der Waals surface area contributed by atoms with Crippen LogP contribution in [0.4, 0.5) is 0 Å². The van der Waals surface area contributed by atoms with Gasteiger partial charge in [-0.15, -0.1) is 0 Å². The molecule has 0 bridgehead atoms. The molecule has 1 N–H and O–H groups in total. The number of rotatable bonds is 11. The van der Waals surface area contributed by atoms with E-state index in [0.29, 0.717) is 24.3 Å². The molecule has 1 unspecified atom stereocenters. The van der Waals surface area contributed by atoms with Gasteiger partial charge in [0.05, 0.1) is 12.0 Å². The molecule has 2 rings (SSSR count). The molecule has 0 aromatic heterocycles. The van der Waals surface area contributed by atoms with Crippen LogP contribution in [-0.2, 0) is 26.0 Å². The molecule has 0 saturated heterocycles. The Morgan fingerprint density at radius 1 is 1.07 bits per heavy atom. The lowest BCUT2D eigenvalue weighted by atomic mass is 9.99. The number of aryl methyl sites for hydroxylation is 1. The van der Waals surface area contributed by atoms with Gasteiger partial charge in [0.15, 0.2) is 0 Å². The van der Waals surface area contributed by atoms with Crippen LogP contribution in [0.25, 0.3) is 0 Å². The van der Waals surface area contributed by atoms with Crippen molar-refractivity contribution in [3.8, 4) is 0 Å². The highest BCUT2D eigenvalue weighted by atomic mass is 35.5. The van der Waals surface area contributed by atoms with E-state index in [0.717, 1.165) is 30.4 Å². The van der Waals surface area contributed by atoms with Crippen molar-refractivity contribution in [3.05, 3.63) is 64.7 Å². The topological polar surface area (TPSA) is 72.5 Å². The fourth-order valence-corrected chi connectivity index (χ4v) is 4.41. The normalized spacial score (nSPS) is 12.5. The number of sulfonamides is 1. The first-order valence-electron chi connectivity index (χ1n) is 9.79. The largest absolute Gasteiger partial charge is 0.469 e. The zero-order valence-corrected chi connectivity index (χ0v) is 18.4. The fourth-order valence-electron chi connectivity index (χ4n) is 3.03.